The van der Waals surface area contributed by atoms with Gasteiger partial charge in [0.25, 0.3) is 0 Å². The molecule has 186 valence electrons. The van der Waals surface area contributed by atoms with Crippen LogP contribution in [0.3, 0.4) is 0 Å². The Labute approximate surface area is 206 Å². The van der Waals surface area contributed by atoms with Crippen LogP contribution < -0.4 is 10.6 Å². The lowest BCUT2D eigenvalue weighted by Crippen LogP contribution is -2.54. The Kier molecular flexibility index (Phi) is 7.43. The molecule has 3 N–H and O–H groups in total. The van der Waals surface area contributed by atoms with E-state index >= 15 is 0 Å². The Morgan fingerprint density at radius 3 is 2.26 bits per heavy atom. The van der Waals surface area contributed by atoms with Crippen molar-refractivity contribution in [2.24, 2.45) is 11.8 Å². The molecule has 1 saturated carbocycles. The highest BCUT2D eigenvalue weighted by molar-refractivity contribution is 5.87. The molecule has 2 aromatic rings. The van der Waals surface area contributed by atoms with Crippen molar-refractivity contribution in [2.45, 2.75) is 57.4 Å². The number of fused-ring (bicyclic) bond motifs is 3. The fourth-order valence-electron chi connectivity index (χ4n) is 5.26. The summed E-state index contributed by atoms with van der Waals surface area (Å²) in [4.78, 5) is 36.8. The molecule has 35 heavy (non-hydrogen) atoms. The fourth-order valence-corrected chi connectivity index (χ4v) is 5.26. The Morgan fingerprint density at radius 2 is 1.66 bits per heavy atom. The summed E-state index contributed by atoms with van der Waals surface area (Å²) in [7, 11) is 0. The topological polar surface area (TPSA) is 105 Å². The number of alkyl carbamates (subject to hydrolysis) is 1. The lowest BCUT2D eigenvalue weighted by molar-refractivity contribution is -0.148. The monoisotopic (exact) mass is 478 g/mol. The second kappa shape index (κ2) is 10.5. The number of benzene rings is 2. The molecule has 7 nitrogen and oxygen atoms in total. The minimum absolute atomic E-state index is 0.0121. The Bertz CT molecular complexity index is 1050. The van der Waals surface area contributed by atoms with Crippen molar-refractivity contribution in [3.8, 4) is 11.1 Å². The maximum Gasteiger partial charge on any atom is 0.407 e. The average Bonchev–Trinajstić information content (AvgIpc) is 3.20. The van der Waals surface area contributed by atoms with Crippen LogP contribution in [0.1, 0.15) is 63.0 Å². The summed E-state index contributed by atoms with van der Waals surface area (Å²) in [6.07, 6.45) is 2.99. The van der Waals surface area contributed by atoms with Crippen molar-refractivity contribution < 1.29 is 24.2 Å². The first-order valence-corrected chi connectivity index (χ1v) is 12.5. The van der Waals surface area contributed by atoms with E-state index in [1.54, 1.807) is 6.92 Å². The van der Waals surface area contributed by atoms with E-state index in [0.29, 0.717) is 19.4 Å². The normalized spacial score (nSPS) is 20.7. The van der Waals surface area contributed by atoms with Gasteiger partial charge in [-0.15, -0.1) is 0 Å². The lowest BCUT2D eigenvalue weighted by Gasteiger charge is -2.32. The molecule has 2 amide bonds. The zero-order valence-corrected chi connectivity index (χ0v) is 20.4. The SMILES string of the molecule is CCC(C)(NC(=O)C1CCCC(CNC(=O)OCC2c3ccccc3-c3ccccc32)C1)C(=O)O. The molecular weight excluding hydrogens is 444 g/mol. The minimum Gasteiger partial charge on any atom is -0.480 e. The third-order valence-corrected chi connectivity index (χ3v) is 7.61. The maximum absolute atomic E-state index is 12.7. The van der Waals surface area contributed by atoms with E-state index < -0.39 is 17.6 Å². The van der Waals surface area contributed by atoms with Gasteiger partial charge in [0.1, 0.15) is 12.1 Å². The van der Waals surface area contributed by atoms with Gasteiger partial charge in [0.05, 0.1) is 0 Å². The number of hydrogen-bond donors (Lipinski definition) is 3. The van der Waals surface area contributed by atoms with Crippen molar-refractivity contribution >= 4 is 18.0 Å². The number of aliphatic carboxylic acids is 1. The number of ether oxygens (including phenoxy) is 1. The van der Waals surface area contributed by atoms with Gasteiger partial charge in [0.2, 0.25) is 5.91 Å². The molecule has 1 fully saturated rings. The Balaban J connectivity index is 1.28. The number of carboxylic acid groups (broad SMARTS) is 1. The van der Waals surface area contributed by atoms with E-state index in [1.807, 2.05) is 24.3 Å². The third-order valence-electron chi connectivity index (χ3n) is 7.61. The van der Waals surface area contributed by atoms with Crippen LogP contribution in [0.15, 0.2) is 48.5 Å². The molecule has 2 aliphatic rings. The summed E-state index contributed by atoms with van der Waals surface area (Å²) >= 11 is 0. The van der Waals surface area contributed by atoms with Gasteiger partial charge in [0.15, 0.2) is 0 Å². The average molecular weight is 479 g/mol. The molecule has 0 heterocycles. The molecule has 0 aliphatic heterocycles. The van der Waals surface area contributed by atoms with Gasteiger partial charge in [-0.25, -0.2) is 9.59 Å². The summed E-state index contributed by atoms with van der Waals surface area (Å²) in [6, 6.07) is 16.4. The quantitative estimate of drug-likeness (QED) is 0.510. The molecule has 0 aromatic heterocycles. The second-order valence-electron chi connectivity index (χ2n) is 9.92. The molecule has 3 atom stereocenters. The highest BCUT2D eigenvalue weighted by atomic mass is 16.5. The van der Waals surface area contributed by atoms with Crippen molar-refractivity contribution in [2.75, 3.05) is 13.2 Å². The van der Waals surface area contributed by atoms with Crippen LogP contribution in [-0.4, -0.2) is 41.8 Å². The second-order valence-corrected chi connectivity index (χ2v) is 9.92. The molecule has 0 bridgehead atoms. The van der Waals surface area contributed by atoms with Gasteiger partial charge >= 0.3 is 12.1 Å². The van der Waals surface area contributed by atoms with Crippen molar-refractivity contribution in [3.05, 3.63) is 59.7 Å². The molecule has 2 aliphatic carbocycles. The van der Waals surface area contributed by atoms with Crippen LogP contribution in [-0.2, 0) is 14.3 Å². The van der Waals surface area contributed by atoms with Gasteiger partial charge in [-0.1, -0.05) is 61.9 Å². The molecule has 0 spiro atoms. The Morgan fingerprint density at radius 1 is 1.03 bits per heavy atom. The molecule has 2 aromatic carbocycles. The highest BCUT2D eigenvalue weighted by Crippen LogP contribution is 2.44. The van der Waals surface area contributed by atoms with Gasteiger partial charge in [0, 0.05) is 18.4 Å². The highest BCUT2D eigenvalue weighted by Gasteiger charge is 2.36. The van der Waals surface area contributed by atoms with Crippen LogP contribution in [0.25, 0.3) is 11.1 Å². The van der Waals surface area contributed by atoms with Crippen LogP contribution in [0, 0.1) is 11.8 Å². The molecule has 0 saturated heterocycles. The number of carbonyl (C=O) groups is 3. The number of carbonyl (C=O) groups excluding carboxylic acids is 2. The van der Waals surface area contributed by atoms with E-state index in [9.17, 15) is 19.5 Å². The van der Waals surface area contributed by atoms with Crippen molar-refractivity contribution in [1.82, 2.24) is 10.6 Å². The van der Waals surface area contributed by atoms with E-state index in [-0.39, 0.29) is 30.3 Å². The summed E-state index contributed by atoms with van der Waals surface area (Å²) in [5.74, 6) is -1.33. The Hall–Kier alpha value is -3.35. The number of nitrogens with one attached hydrogen (secondary N) is 2. The molecule has 7 heteroatoms. The van der Waals surface area contributed by atoms with E-state index in [2.05, 4.69) is 34.9 Å². The summed E-state index contributed by atoms with van der Waals surface area (Å²) in [5, 5.41) is 15.0. The van der Waals surface area contributed by atoms with Crippen LogP contribution in [0.5, 0.6) is 0 Å². The molecule has 4 rings (SSSR count). The van der Waals surface area contributed by atoms with Crippen LogP contribution in [0.4, 0.5) is 4.79 Å². The van der Waals surface area contributed by atoms with Crippen molar-refractivity contribution in [1.29, 1.82) is 0 Å². The molecule has 0 radical (unpaired) electrons. The standard InChI is InChI=1S/C28H34N2O5/c1-3-28(2,26(32)33)30-25(31)19-10-8-9-18(15-19)16-29-27(34)35-17-24-22-13-6-4-11-20(22)21-12-5-7-14-23(21)24/h4-7,11-14,18-19,24H,3,8-10,15-17H2,1-2H3,(H,29,34)(H,30,31)(H,32,33). The number of hydrogen-bond acceptors (Lipinski definition) is 4. The molecule has 3 unspecified atom stereocenters. The maximum atomic E-state index is 12.7. The summed E-state index contributed by atoms with van der Waals surface area (Å²) in [6.45, 7) is 3.98. The number of carboxylic acids is 1. The predicted molar refractivity (Wildman–Crippen MR) is 133 cm³/mol. The van der Waals surface area contributed by atoms with Crippen LogP contribution >= 0.6 is 0 Å². The third kappa shape index (κ3) is 5.34. The first-order valence-electron chi connectivity index (χ1n) is 12.5. The predicted octanol–water partition coefficient (Wildman–Crippen LogP) is 4.70. The number of rotatable bonds is 8. The lowest BCUT2D eigenvalue weighted by atomic mass is 9.80. The van der Waals surface area contributed by atoms with Gasteiger partial charge in [-0.2, -0.15) is 0 Å². The zero-order valence-electron chi connectivity index (χ0n) is 20.4. The van der Waals surface area contributed by atoms with E-state index in [1.165, 1.54) is 29.2 Å². The van der Waals surface area contributed by atoms with E-state index in [0.717, 1.165) is 19.3 Å². The fraction of sp³-hybridized carbons (Fsp3) is 0.464. The van der Waals surface area contributed by atoms with Gasteiger partial charge < -0.3 is 20.5 Å². The summed E-state index contributed by atoms with van der Waals surface area (Å²) in [5.41, 5.74) is 3.45. The van der Waals surface area contributed by atoms with Crippen LogP contribution in [0.2, 0.25) is 0 Å². The van der Waals surface area contributed by atoms with Crippen molar-refractivity contribution in [3.63, 3.8) is 0 Å². The van der Waals surface area contributed by atoms with Gasteiger partial charge in [-0.05, 0) is 60.8 Å². The van der Waals surface area contributed by atoms with E-state index in [4.69, 9.17) is 4.74 Å². The number of amides is 2. The minimum atomic E-state index is -1.26. The smallest absolute Gasteiger partial charge is 0.407 e. The summed E-state index contributed by atoms with van der Waals surface area (Å²) < 4.78 is 5.62. The largest absolute Gasteiger partial charge is 0.480 e. The first-order chi connectivity index (χ1) is 16.8. The zero-order chi connectivity index (χ0) is 25.0. The van der Waals surface area contributed by atoms with Gasteiger partial charge in [-0.3, -0.25) is 4.79 Å². The first kappa shape index (κ1) is 24.8. The molecular formula is C28H34N2O5.